The fraction of sp³-hybridized carbons (Fsp3) is 0.946. The summed E-state index contributed by atoms with van der Waals surface area (Å²) in [7, 11) is 1.44. The van der Waals surface area contributed by atoms with E-state index < -0.39 is 0 Å². The van der Waals surface area contributed by atoms with Crippen molar-refractivity contribution in [2.45, 2.75) is 174 Å². The van der Waals surface area contributed by atoms with Gasteiger partial charge in [0.1, 0.15) is 0 Å². The molecule has 0 aromatic carbocycles. The lowest BCUT2D eigenvalue weighted by Gasteiger charge is -2.21. The van der Waals surface area contributed by atoms with Crippen molar-refractivity contribution in [2.24, 2.45) is 0 Å². The molecule has 8 heteroatoms. The maximum absolute atomic E-state index is 12.4. The smallest absolute Gasteiger partial charge is 0.305 e. The summed E-state index contributed by atoms with van der Waals surface area (Å²) < 4.78 is 22.3. The van der Waals surface area contributed by atoms with Gasteiger partial charge in [-0.25, -0.2) is 0 Å². The highest BCUT2D eigenvalue weighted by Gasteiger charge is 2.13. The van der Waals surface area contributed by atoms with E-state index in [0.717, 1.165) is 83.7 Å². The Hall–Kier alpha value is -1.22. The van der Waals surface area contributed by atoms with Crippen LogP contribution >= 0.6 is 0 Å². The van der Waals surface area contributed by atoms with E-state index in [1.807, 2.05) is 0 Å². The number of ether oxygens (including phenoxy) is 4. The van der Waals surface area contributed by atoms with Gasteiger partial charge in [-0.2, -0.15) is 0 Å². The van der Waals surface area contributed by atoms with Crippen molar-refractivity contribution in [1.82, 2.24) is 4.90 Å². The molecule has 0 heterocycles. The zero-order valence-corrected chi connectivity index (χ0v) is 29.8. The van der Waals surface area contributed by atoms with Crippen molar-refractivity contribution in [3.05, 3.63) is 0 Å². The molecule has 0 amide bonds. The monoisotopic (exact) mass is 644 g/mol. The summed E-state index contributed by atoms with van der Waals surface area (Å²) in [6.45, 7) is 9.21. The molecular weight excluding hydrogens is 570 g/mol. The SMILES string of the molecule is CCCCCCCCOC(CCC(=O)OCCCCCCN(CCO)CCCCCCCC(=O)OC)OCCCCCCCC. The summed E-state index contributed by atoms with van der Waals surface area (Å²) in [6, 6.07) is 0. The summed E-state index contributed by atoms with van der Waals surface area (Å²) in [5, 5.41) is 9.42. The molecule has 0 aliphatic heterocycles. The molecule has 0 bridgehead atoms. The third-order valence-corrected chi connectivity index (χ3v) is 8.32. The number of aliphatic hydroxyl groups is 1. The quantitative estimate of drug-likeness (QED) is 0.0411. The highest BCUT2D eigenvalue weighted by atomic mass is 16.7. The van der Waals surface area contributed by atoms with E-state index in [1.165, 1.54) is 71.3 Å². The minimum Gasteiger partial charge on any atom is -0.469 e. The highest BCUT2D eigenvalue weighted by molar-refractivity contribution is 5.69. The molecule has 0 aliphatic carbocycles. The third-order valence-electron chi connectivity index (χ3n) is 8.32. The molecule has 45 heavy (non-hydrogen) atoms. The predicted octanol–water partition coefficient (Wildman–Crippen LogP) is 8.76. The zero-order valence-electron chi connectivity index (χ0n) is 29.8. The van der Waals surface area contributed by atoms with Crippen LogP contribution in [0.2, 0.25) is 0 Å². The number of hydrogen-bond acceptors (Lipinski definition) is 8. The standard InChI is InChI=1S/C37H73NO7/c1-4-6-8-10-16-23-33-44-37(45-34-24-17-11-9-7-5-2)27-26-36(41)43-32-22-18-15-21-29-38(30-31-39)28-20-14-12-13-19-25-35(40)42-3/h37,39H,4-34H2,1-3H3. The van der Waals surface area contributed by atoms with Crippen molar-refractivity contribution >= 4 is 11.9 Å². The lowest BCUT2D eigenvalue weighted by molar-refractivity contribution is -0.159. The van der Waals surface area contributed by atoms with E-state index in [0.29, 0.717) is 45.6 Å². The van der Waals surface area contributed by atoms with Crippen molar-refractivity contribution in [1.29, 1.82) is 0 Å². The van der Waals surface area contributed by atoms with Crippen LogP contribution in [-0.4, -0.2) is 81.4 Å². The van der Waals surface area contributed by atoms with Crippen LogP contribution in [0.3, 0.4) is 0 Å². The second-order valence-corrected chi connectivity index (χ2v) is 12.5. The molecule has 1 N–H and O–H groups in total. The van der Waals surface area contributed by atoms with Crippen molar-refractivity contribution in [3.63, 3.8) is 0 Å². The molecular formula is C37H73NO7. The maximum atomic E-state index is 12.4. The average molecular weight is 644 g/mol. The van der Waals surface area contributed by atoms with Gasteiger partial charge in [0.15, 0.2) is 6.29 Å². The lowest BCUT2D eigenvalue weighted by atomic mass is 10.1. The Kier molecular flexibility index (Phi) is 34.7. The minimum absolute atomic E-state index is 0.126. The Morgan fingerprint density at radius 3 is 1.53 bits per heavy atom. The first-order chi connectivity index (χ1) is 22.1. The maximum Gasteiger partial charge on any atom is 0.305 e. The topological polar surface area (TPSA) is 94.5 Å². The first-order valence-electron chi connectivity index (χ1n) is 18.9. The van der Waals surface area contributed by atoms with Crippen molar-refractivity contribution < 1.29 is 33.6 Å². The Morgan fingerprint density at radius 1 is 0.556 bits per heavy atom. The number of carbonyl (C=O) groups is 2. The van der Waals surface area contributed by atoms with Crippen LogP contribution in [0.25, 0.3) is 0 Å². The van der Waals surface area contributed by atoms with Gasteiger partial charge in [-0.3, -0.25) is 9.59 Å². The molecule has 0 aliphatic rings. The van der Waals surface area contributed by atoms with Gasteiger partial charge in [-0.1, -0.05) is 110 Å². The second-order valence-electron chi connectivity index (χ2n) is 12.5. The van der Waals surface area contributed by atoms with E-state index in [2.05, 4.69) is 23.5 Å². The van der Waals surface area contributed by atoms with Crippen molar-refractivity contribution in [3.8, 4) is 0 Å². The van der Waals surface area contributed by atoms with Gasteiger partial charge in [0.25, 0.3) is 0 Å². The van der Waals surface area contributed by atoms with Crippen LogP contribution in [0.15, 0.2) is 0 Å². The van der Waals surface area contributed by atoms with Crippen LogP contribution in [-0.2, 0) is 28.5 Å². The number of esters is 2. The molecule has 0 spiro atoms. The van der Waals surface area contributed by atoms with E-state index in [4.69, 9.17) is 14.2 Å². The van der Waals surface area contributed by atoms with E-state index in [-0.39, 0.29) is 24.8 Å². The lowest BCUT2D eigenvalue weighted by Crippen LogP contribution is -2.29. The van der Waals surface area contributed by atoms with E-state index in [9.17, 15) is 14.7 Å². The molecule has 0 saturated carbocycles. The van der Waals surface area contributed by atoms with Gasteiger partial charge < -0.3 is 29.0 Å². The van der Waals surface area contributed by atoms with E-state index >= 15 is 0 Å². The molecule has 0 atom stereocenters. The Labute approximate surface area is 277 Å². The molecule has 0 radical (unpaired) electrons. The summed E-state index contributed by atoms with van der Waals surface area (Å²) >= 11 is 0. The minimum atomic E-state index is -0.322. The molecule has 8 nitrogen and oxygen atoms in total. The van der Waals surface area contributed by atoms with Crippen LogP contribution < -0.4 is 0 Å². The number of unbranched alkanes of at least 4 members (excludes halogenated alkanes) is 17. The fourth-order valence-corrected chi connectivity index (χ4v) is 5.41. The number of nitrogens with zero attached hydrogens (tertiary/aromatic N) is 1. The predicted molar refractivity (Wildman–Crippen MR) is 184 cm³/mol. The molecule has 0 aromatic heterocycles. The second kappa shape index (κ2) is 35.6. The van der Waals surface area contributed by atoms with Gasteiger partial charge in [0.05, 0.1) is 26.7 Å². The summed E-state index contributed by atoms with van der Waals surface area (Å²) in [6.07, 6.45) is 25.2. The first-order valence-corrected chi connectivity index (χ1v) is 18.9. The molecule has 0 saturated heterocycles. The first kappa shape index (κ1) is 43.8. The molecule has 0 rings (SSSR count). The van der Waals surface area contributed by atoms with Crippen molar-refractivity contribution in [2.75, 3.05) is 53.2 Å². The summed E-state index contributed by atoms with van der Waals surface area (Å²) in [4.78, 5) is 25.9. The van der Waals surface area contributed by atoms with Crippen LogP contribution in [0.4, 0.5) is 0 Å². The Morgan fingerprint density at radius 2 is 1.02 bits per heavy atom. The third kappa shape index (κ3) is 32.5. The Balaban J connectivity index is 4.04. The van der Waals surface area contributed by atoms with Gasteiger partial charge in [-0.05, 0) is 51.6 Å². The molecule has 268 valence electrons. The van der Waals surface area contributed by atoms with Crippen LogP contribution in [0, 0.1) is 0 Å². The van der Waals surface area contributed by atoms with E-state index in [1.54, 1.807) is 0 Å². The number of carbonyl (C=O) groups excluding carboxylic acids is 2. The average Bonchev–Trinajstić information content (AvgIpc) is 3.04. The van der Waals surface area contributed by atoms with Crippen LogP contribution in [0.5, 0.6) is 0 Å². The van der Waals surface area contributed by atoms with Crippen LogP contribution in [0.1, 0.15) is 168 Å². The molecule has 0 aromatic rings. The molecule has 0 unspecified atom stereocenters. The Bertz CT molecular complexity index is 616. The number of hydrogen-bond donors (Lipinski definition) is 1. The fourth-order valence-electron chi connectivity index (χ4n) is 5.41. The zero-order chi connectivity index (χ0) is 33.1. The highest BCUT2D eigenvalue weighted by Crippen LogP contribution is 2.13. The normalized spacial score (nSPS) is 11.5. The number of aliphatic hydroxyl groups excluding tert-OH is 1. The summed E-state index contributed by atoms with van der Waals surface area (Å²) in [5.74, 6) is -0.287. The molecule has 0 fully saturated rings. The number of methoxy groups -OCH3 is 1. The van der Waals surface area contributed by atoms with Gasteiger partial charge in [-0.15, -0.1) is 0 Å². The van der Waals surface area contributed by atoms with Gasteiger partial charge in [0, 0.05) is 32.6 Å². The van der Waals surface area contributed by atoms with Gasteiger partial charge >= 0.3 is 11.9 Å². The number of rotatable bonds is 36. The van der Waals surface area contributed by atoms with Gasteiger partial charge in [0.2, 0.25) is 0 Å². The summed E-state index contributed by atoms with van der Waals surface area (Å²) in [5.41, 5.74) is 0. The largest absolute Gasteiger partial charge is 0.469 e.